The predicted octanol–water partition coefficient (Wildman–Crippen LogP) is 2.28. The zero-order chi connectivity index (χ0) is 9.43. The second kappa shape index (κ2) is 1.98. The molecule has 3 saturated carbocycles. The quantitative estimate of drug-likeness (QED) is 0.651. The molecule has 1 nitrogen and oxygen atoms in total. The first-order chi connectivity index (χ1) is 6.05. The van der Waals surface area contributed by atoms with E-state index in [1.54, 1.807) is 0 Å². The minimum absolute atomic E-state index is 0.678. The van der Waals surface area contributed by atoms with Crippen LogP contribution in [0.25, 0.3) is 0 Å². The van der Waals surface area contributed by atoms with Gasteiger partial charge in [-0.1, -0.05) is 20.8 Å². The van der Waals surface area contributed by atoms with Gasteiger partial charge in [-0.25, -0.2) is 0 Å². The molecule has 0 aromatic carbocycles. The molecule has 0 aromatic rings. The van der Waals surface area contributed by atoms with E-state index in [4.69, 9.17) is 0 Å². The van der Waals surface area contributed by atoms with E-state index in [9.17, 15) is 0 Å². The van der Waals surface area contributed by atoms with Gasteiger partial charge in [0.05, 0.1) is 0 Å². The Hall–Kier alpha value is -0.0400. The summed E-state index contributed by atoms with van der Waals surface area (Å²) in [6.45, 7) is 7.43. The molecule has 3 aliphatic carbocycles. The third kappa shape index (κ3) is 0.614. The second-order valence-corrected chi connectivity index (χ2v) is 6.12. The van der Waals surface area contributed by atoms with Gasteiger partial charge in [-0.2, -0.15) is 0 Å². The summed E-state index contributed by atoms with van der Waals surface area (Å²) in [6, 6.07) is 0.803. The Labute approximate surface area is 81.3 Å². The molecular weight excluding hydrogens is 158 g/mol. The van der Waals surface area contributed by atoms with Gasteiger partial charge in [-0.15, -0.1) is 0 Å². The van der Waals surface area contributed by atoms with Crippen molar-refractivity contribution in [2.45, 2.75) is 39.7 Å². The van der Waals surface area contributed by atoms with Gasteiger partial charge >= 0.3 is 0 Å². The van der Waals surface area contributed by atoms with E-state index < -0.39 is 0 Å². The summed E-state index contributed by atoms with van der Waals surface area (Å²) < 4.78 is 0. The van der Waals surface area contributed by atoms with Crippen molar-refractivity contribution in [2.75, 3.05) is 7.05 Å². The summed E-state index contributed by atoms with van der Waals surface area (Å²) in [5.41, 5.74) is 1.46. The molecule has 3 rings (SSSR count). The smallest absolute Gasteiger partial charge is 0.00982 e. The largest absolute Gasteiger partial charge is 0.317 e. The number of rotatable bonds is 1. The SMILES string of the molecule is CN[C@H]1CC23C(CC2C3(C)C)[C@@H]1C. The predicted molar refractivity (Wildman–Crippen MR) is 54.4 cm³/mol. The second-order valence-electron chi connectivity index (χ2n) is 6.12. The van der Waals surface area contributed by atoms with Crippen molar-refractivity contribution in [1.29, 1.82) is 0 Å². The van der Waals surface area contributed by atoms with Crippen molar-refractivity contribution in [3.05, 3.63) is 0 Å². The third-order valence-electron chi connectivity index (χ3n) is 5.96. The lowest BCUT2D eigenvalue weighted by atomic mass is 9.72. The van der Waals surface area contributed by atoms with Crippen LogP contribution in [0.1, 0.15) is 33.6 Å². The molecule has 0 radical (unpaired) electrons. The van der Waals surface area contributed by atoms with Gasteiger partial charge in [0, 0.05) is 6.04 Å². The van der Waals surface area contributed by atoms with Gasteiger partial charge in [0.25, 0.3) is 0 Å². The molecule has 13 heavy (non-hydrogen) atoms. The number of hydrogen-bond acceptors (Lipinski definition) is 1. The molecule has 3 aliphatic rings. The first-order valence-electron chi connectivity index (χ1n) is 5.73. The molecule has 5 atom stereocenters. The molecule has 0 amide bonds. The standard InChI is InChI=1S/C12H21N/c1-7-8-5-10-11(2,3)12(8,10)6-9(7)13-4/h7-10,13H,5-6H2,1-4H3/t7-,8?,9-,10?,12?/m0/s1. The molecule has 1 N–H and O–H groups in total. The maximum absolute atomic E-state index is 3.50. The first kappa shape index (κ1) is 8.28. The molecule has 0 bridgehead atoms. The highest BCUT2D eigenvalue weighted by Gasteiger charge is 2.83. The molecule has 0 heterocycles. The van der Waals surface area contributed by atoms with E-state index in [-0.39, 0.29) is 0 Å². The van der Waals surface area contributed by atoms with Gasteiger partial charge < -0.3 is 5.32 Å². The lowest BCUT2D eigenvalue weighted by Gasteiger charge is -2.32. The molecular formula is C12H21N. The van der Waals surface area contributed by atoms with Crippen LogP contribution in [0, 0.1) is 28.6 Å². The molecule has 3 fully saturated rings. The molecule has 74 valence electrons. The highest BCUT2D eigenvalue weighted by Crippen LogP contribution is 2.88. The fourth-order valence-corrected chi connectivity index (χ4v) is 4.98. The van der Waals surface area contributed by atoms with Gasteiger partial charge in [-0.3, -0.25) is 0 Å². The summed E-state index contributed by atoms with van der Waals surface area (Å²) in [4.78, 5) is 0. The van der Waals surface area contributed by atoms with Gasteiger partial charge in [0.1, 0.15) is 0 Å². The van der Waals surface area contributed by atoms with E-state index in [1.165, 1.54) is 12.8 Å². The minimum atomic E-state index is 0.678. The maximum Gasteiger partial charge on any atom is 0.00982 e. The van der Waals surface area contributed by atoms with Crippen LogP contribution >= 0.6 is 0 Å². The normalized spacial score (nSPS) is 60.9. The third-order valence-corrected chi connectivity index (χ3v) is 5.96. The van der Waals surface area contributed by atoms with E-state index in [2.05, 4.69) is 33.1 Å². The fourth-order valence-electron chi connectivity index (χ4n) is 4.98. The minimum Gasteiger partial charge on any atom is -0.317 e. The van der Waals surface area contributed by atoms with Crippen molar-refractivity contribution in [1.82, 2.24) is 5.32 Å². The molecule has 0 saturated heterocycles. The Kier molecular flexibility index (Phi) is 1.26. The average molecular weight is 179 g/mol. The van der Waals surface area contributed by atoms with Crippen LogP contribution in [0.3, 0.4) is 0 Å². The summed E-state index contributed by atoms with van der Waals surface area (Å²) in [7, 11) is 2.13. The van der Waals surface area contributed by atoms with Crippen molar-refractivity contribution in [2.24, 2.45) is 28.6 Å². The molecule has 0 aromatic heterocycles. The van der Waals surface area contributed by atoms with Crippen LogP contribution in [0.15, 0.2) is 0 Å². The summed E-state index contributed by atoms with van der Waals surface area (Å²) in [5, 5.41) is 3.50. The zero-order valence-electron chi connectivity index (χ0n) is 9.22. The number of hydrogen-bond donors (Lipinski definition) is 1. The summed E-state index contributed by atoms with van der Waals surface area (Å²) in [6.07, 6.45) is 2.97. The summed E-state index contributed by atoms with van der Waals surface area (Å²) in [5.74, 6) is 3.04. The lowest BCUT2D eigenvalue weighted by molar-refractivity contribution is 0.154. The van der Waals surface area contributed by atoms with E-state index in [0.29, 0.717) is 5.41 Å². The molecule has 1 spiro atoms. The van der Waals surface area contributed by atoms with Crippen LogP contribution in [-0.4, -0.2) is 13.1 Å². The highest BCUT2D eigenvalue weighted by atomic mass is 15.0. The average Bonchev–Trinajstić information content (AvgIpc) is 2.26. The van der Waals surface area contributed by atoms with Crippen LogP contribution in [0.4, 0.5) is 0 Å². The van der Waals surface area contributed by atoms with Crippen LogP contribution < -0.4 is 5.32 Å². The van der Waals surface area contributed by atoms with E-state index >= 15 is 0 Å². The van der Waals surface area contributed by atoms with Gasteiger partial charge in [-0.05, 0) is 48.5 Å². The molecule has 1 heteroatoms. The Bertz CT molecular complexity index is 258. The van der Waals surface area contributed by atoms with Gasteiger partial charge in [0.2, 0.25) is 0 Å². The van der Waals surface area contributed by atoms with Gasteiger partial charge in [0.15, 0.2) is 0 Å². The highest BCUT2D eigenvalue weighted by molar-refractivity contribution is 5.32. The Balaban J connectivity index is 1.91. The topological polar surface area (TPSA) is 12.0 Å². The number of nitrogens with one attached hydrogen (secondary N) is 1. The van der Waals surface area contributed by atoms with Crippen LogP contribution in [0.2, 0.25) is 0 Å². The van der Waals surface area contributed by atoms with Crippen molar-refractivity contribution >= 4 is 0 Å². The molecule has 3 unspecified atom stereocenters. The Morgan fingerprint density at radius 1 is 1.31 bits per heavy atom. The monoisotopic (exact) mass is 179 g/mol. The zero-order valence-corrected chi connectivity index (χ0v) is 9.22. The van der Waals surface area contributed by atoms with E-state index in [1.807, 2.05) is 0 Å². The Morgan fingerprint density at radius 2 is 2.00 bits per heavy atom. The van der Waals surface area contributed by atoms with Crippen LogP contribution in [0.5, 0.6) is 0 Å². The van der Waals surface area contributed by atoms with Crippen molar-refractivity contribution < 1.29 is 0 Å². The van der Waals surface area contributed by atoms with Crippen molar-refractivity contribution in [3.8, 4) is 0 Å². The lowest BCUT2D eigenvalue weighted by Crippen LogP contribution is -2.30. The Morgan fingerprint density at radius 3 is 2.38 bits per heavy atom. The fraction of sp³-hybridized carbons (Fsp3) is 1.00. The molecule has 0 aliphatic heterocycles. The first-order valence-corrected chi connectivity index (χ1v) is 5.73. The maximum atomic E-state index is 3.50. The van der Waals surface area contributed by atoms with E-state index in [0.717, 1.165) is 29.2 Å². The van der Waals surface area contributed by atoms with Crippen molar-refractivity contribution in [3.63, 3.8) is 0 Å². The summed E-state index contributed by atoms with van der Waals surface area (Å²) >= 11 is 0. The van der Waals surface area contributed by atoms with Crippen LogP contribution in [-0.2, 0) is 0 Å².